The Labute approximate surface area is 173 Å². The first-order valence-corrected chi connectivity index (χ1v) is 11.1. The number of nitrogens with zero attached hydrogens (tertiary/aromatic N) is 1. The van der Waals surface area contributed by atoms with Crippen LogP contribution in [0.1, 0.15) is 38.2 Å². The molecule has 1 aliphatic carbocycles. The molecule has 1 aromatic heterocycles. The summed E-state index contributed by atoms with van der Waals surface area (Å²) in [6.07, 6.45) is -1.73. The number of nitrogens with one attached hydrogen (secondary N) is 1. The van der Waals surface area contributed by atoms with Gasteiger partial charge in [-0.05, 0) is 50.8 Å². The Balaban J connectivity index is 1.56. The molecule has 2 aromatic rings. The summed E-state index contributed by atoms with van der Waals surface area (Å²) >= 11 is 0. The Bertz CT molecular complexity index is 941. The molecule has 0 saturated heterocycles. The Morgan fingerprint density at radius 1 is 1.10 bits per heavy atom. The molecule has 3 rings (SSSR count). The average Bonchev–Trinajstić information content (AvgIpc) is 2.70. The summed E-state index contributed by atoms with van der Waals surface area (Å²) in [7, 11) is -3.74. The number of hydrogen-bond donors (Lipinski definition) is 1. The molecule has 164 valence electrons. The van der Waals surface area contributed by atoms with Crippen molar-refractivity contribution < 1.29 is 31.1 Å². The van der Waals surface area contributed by atoms with Gasteiger partial charge in [-0.1, -0.05) is 12.1 Å². The number of aromatic nitrogens is 1. The molecule has 1 saturated carbocycles. The highest BCUT2D eigenvalue weighted by atomic mass is 32.2. The van der Waals surface area contributed by atoms with Crippen molar-refractivity contribution in [1.29, 1.82) is 0 Å². The van der Waals surface area contributed by atoms with E-state index in [0.717, 1.165) is 12.3 Å². The Kier molecular flexibility index (Phi) is 6.87. The molecule has 6 nitrogen and oxygen atoms in total. The largest absolute Gasteiger partial charge is 0.492 e. The third-order valence-corrected chi connectivity index (χ3v) is 6.35. The van der Waals surface area contributed by atoms with Gasteiger partial charge < -0.3 is 9.47 Å². The second-order valence-electron chi connectivity index (χ2n) is 6.98. The van der Waals surface area contributed by atoms with Crippen molar-refractivity contribution in [2.45, 2.75) is 55.8 Å². The predicted octanol–water partition coefficient (Wildman–Crippen LogP) is 4.17. The maximum absolute atomic E-state index is 12.8. The zero-order chi connectivity index (χ0) is 21.8. The van der Waals surface area contributed by atoms with Crippen LogP contribution in [0.5, 0.6) is 11.6 Å². The van der Waals surface area contributed by atoms with Crippen molar-refractivity contribution >= 4 is 10.0 Å². The van der Waals surface area contributed by atoms with Gasteiger partial charge in [-0.25, -0.2) is 18.1 Å². The molecule has 0 amide bonds. The van der Waals surface area contributed by atoms with E-state index in [-0.39, 0.29) is 22.9 Å². The normalized spacial score (nSPS) is 20.0. The number of ether oxygens (including phenoxy) is 2. The molecule has 0 atom stereocenters. The van der Waals surface area contributed by atoms with Gasteiger partial charge >= 0.3 is 6.18 Å². The first-order chi connectivity index (χ1) is 14.2. The monoisotopic (exact) mass is 444 g/mol. The van der Waals surface area contributed by atoms with Gasteiger partial charge in [0, 0.05) is 18.3 Å². The molecule has 1 heterocycles. The Hall–Kier alpha value is -2.33. The molecular weight excluding hydrogens is 421 g/mol. The molecule has 1 N–H and O–H groups in total. The minimum atomic E-state index is -4.44. The van der Waals surface area contributed by atoms with Gasteiger partial charge in [0.2, 0.25) is 15.9 Å². The molecule has 0 radical (unpaired) electrons. The molecular formula is C20H23F3N2O4S. The fraction of sp³-hybridized carbons (Fsp3) is 0.450. The lowest BCUT2D eigenvalue weighted by atomic mass is 9.94. The van der Waals surface area contributed by atoms with Crippen LogP contribution < -0.4 is 14.2 Å². The molecule has 0 bridgehead atoms. The fourth-order valence-corrected chi connectivity index (χ4v) is 4.77. The van der Waals surface area contributed by atoms with Gasteiger partial charge in [0.1, 0.15) is 16.7 Å². The van der Waals surface area contributed by atoms with Crippen LogP contribution in [-0.2, 0) is 16.2 Å². The number of halogens is 3. The number of benzene rings is 1. The van der Waals surface area contributed by atoms with Crippen LogP contribution in [0.25, 0.3) is 0 Å². The topological polar surface area (TPSA) is 77.5 Å². The quantitative estimate of drug-likeness (QED) is 0.694. The van der Waals surface area contributed by atoms with E-state index >= 15 is 0 Å². The van der Waals surface area contributed by atoms with Gasteiger partial charge in [0.25, 0.3) is 0 Å². The lowest BCUT2D eigenvalue weighted by Gasteiger charge is -2.29. The van der Waals surface area contributed by atoms with Gasteiger partial charge in [0.15, 0.2) is 0 Å². The maximum Gasteiger partial charge on any atom is 0.417 e. The summed E-state index contributed by atoms with van der Waals surface area (Å²) in [6.45, 7) is 2.14. The van der Waals surface area contributed by atoms with E-state index in [1.54, 1.807) is 25.1 Å². The molecule has 1 aromatic carbocycles. The highest BCUT2D eigenvalue weighted by molar-refractivity contribution is 7.89. The number of sulfonamides is 1. The van der Waals surface area contributed by atoms with Gasteiger partial charge in [0.05, 0.1) is 12.2 Å². The van der Waals surface area contributed by atoms with Crippen LogP contribution in [0.3, 0.4) is 0 Å². The van der Waals surface area contributed by atoms with Crippen molar-refractivity contribution in [3.05, 3.63) is 48.2 Å². The first kappa shape index (κ1) is 22.4. The second-order valence-corrected chi connectivity index (χ2v) is 8.66. The van der Waals surface area contributed by atoms with Crippen LogP contribution in [0, 0.1) is 0 Å². The van der Waals surface area contributed by atoms with Crippen LogP contribution >= 0.6 is 0 Å². The smallest absolute Gasteiger partial charge is 0.417 e. The van der Waals surface area contributed by atoms with Crippen molar-refractivity contribution in [2.24, 2.45) is 0 Å². The zero-order valence-electron chi connectivity index (χ0n) is 16.4. The highest BCUT2D eigenvalue weighted by Gasteiger charge is 2.31. The lowest BCUT2D eigenvalue weighted by Crippen LogP contribution is -2.39. The summed E-state index contributed by atoms with van der Waals surface area (Å²) in [5.74, 6) is 0.426. The summed E-state index contributed by atoms with van der Waals surface area (Å²) in [4.78, 5) is 3.81. The van der Waals surface area contributed by atoms with E-state index in [0.29, 0.717) is 38.0 Å². The fourth-order valence-electron chi connectivity index (χ4n) is 3.32. The van der Waals surface area contributed by atoms with Crippen LogP contribution in [0.4, 0.5) is 13.2 Å². The standard InChI is InChI=1S/C20H23F3N2O4S/c1-2-28-17-5-3-4-6-18(17)30(26,27)25-15-8-10-16(11-9-15)29-19-12-7-14(13-24-19)20(21,22)23/h3-7,12-13,15-16,25H,2,8-11H2,1H3. The molecule has 0 spiro atoms. The Morgan fingerprint density at radius 3 is 2.40 bits per heavy atom. The molecule has 0 unspecified atom stereocenters. The third-order valence-electron chi connectivity index (χ3n) is 4.79. The van der Waals surface area contributed by atoms with E-state index < -0.39 is 21.8 Å². The molecule has 0 aliphatic heterocycles. The summed E-state index contributed by atoms with van der Waals surface area (Å²) in [5.41, 5.74) is -0.833. The van der Waals surface area contributed by atoms with Crippen LogP contribution in [-0.4, -0.2) is 32.2 Å². The molecule has 10 heteroatoms. The zero-order valence-corrected chi connectivity index (χ0v) is 17.2. The van der Waals surface area contributed by atoms with E-state index in [9.17, 15) is 21.6 Å². The van der Waals surface area contributed by atoms with Crippen LogP contribution in [0.2, 0.25) is 0 Å². The van der Waals surface area contributed by atoms with E-state index in [4.69, 9.17) is 9.47 Å². The van der Waals surface area contributed by atoms with E-state index in [1.165, 1.54) is 12.1 Å². The minimum Gasteiger partial charge on any atom is -0.492 e. The van der Waals surface area contributed by atoms with Crippen molar-refractivity contribution in [3.63, 3.8) is 0 Å². The summed E-state index contributed by atoms with van der Waals surface area (Å²) in [5, 5.41) is 0. The summed E-state index contributed by atoms with van der Waals surface area (Å²) in [6, 6.07) is 8.32. The van der Waals surface area contributed by atoms with Crippen molar-refractivity contribution in [3.8, 4) is 11.6 Å². The summed E-state index contributed by atoms with van der Waals surface area (Å²) < 4.78 is 77.1. The van der Waals surface area contributed by atoms with Crippen molar-refractivity contribution in [1.82, 2.24) is 9.71 Å². The number of alkyl halides is 3. The third kappa shape index (κ3) is 5.63. The van der Waals surface area contributed by atoms with E-state index in [1.807, 2.05) is 0 Å². The minimum absolute atomic E-state index is 0.0965. The molecule has 1 aliphatic rings. The SMILES string of the molecule is CCOc1ccccc1S(=O)(=O)NC1CCC(Oc2ccc(C(F)(F)F)cn2)CC1. The predicted molar refractivity (Wildman–Crippen MR) is 104 cm³/mol. The van der Waals surface area contributed by atoms with Gasteiger partial charge in [-0.15, -0.1) is 0 Å². The van der Waals surface area contributed by atoms with E-state index in [2.05, 4.69) is 9.71 Å². The number of rotatable bonds is 7. The number of hydrogen-bond acceptors (Lipinski definition) is 5. The second kappa shape index (κ2) is 9.22. The number of pyridine rings is 1. The Morgan fingerprint density at radius 2 is 1.80 bits per heavy atom. The van der Waals surface area contributed by atoms with Crippen LogP contribution in [0.15, 0.2) is 47.5 Å². The lowest BCUT2D eigenvalue weighted by molar-refractivity contribution is -0.137. The van der Waals surface area contributed by atoms with Crippen molar-refractivity contribution in [2.75, 3.05) is 6.61 Å². The molecule has 30 heavy (non-hydrogen) atoms. The highest BCUT2D eigenvalue weighted by Crippen LogP contribution is 2.30. The average molecular weight is 444 g/mol. The molecule has 1 fully saturated rings. The van der Waals surface area contributed by atoms with Gasteiger partial charge in [-0.3, -0.25) is 0 Å². The van der Waals surface area contributed by atoms with Gasteiger partial charge in [-0.2, -0.15) is 13.2 Å². The maximum atomic E-state index is 12.8. The first-order valence-electron chi connectivity index (χ1n) is 9.63. The number of para-hydroxylation sites is 1.